The molecule has 2 N–H and O–H groups in total. The van der Waals surface area contributed by atoms with E-state index in [1.165, 1.54) is 24.3 Å². The number of halogens is 2. The molecule has 0 aliphatic heterocycles. The van der Waals surface area contributed by atoms with Gasteiger partial charge in [0.05, 0.1) is 11.8 Å². The molecule has 1 heterocycles. The maximum absolute atomic E-state index is 14.1. The van der Waals surface area contributed by atoms with Crippen molar-refractivity contribution in [1.82, 2.24) is 14.8 Å². The molecule has 1 aromatic carbocycles. The fourth-order valence-corrected chi connectivity index (χ4v) is 3.15. The van der Waals surface area contributed by atoms with E-state index in [1.54, 1.807) is 0 Å². The van der Waals surface area contributed by atoms with Gasteiger partial charge in [-0.15, -0.1) is 0 Å². The normalized spacial score (nSPS) is 18.4. The van der Waals surface area contributed by atoms with E-state index >= 15 is 0 Å². The summed E-state index contributed by atoms with van der Waals surface area (Å²) in [5.41, 5.74) is -2.24. The quantitative estimate of drug-likeness (QED) is 0.869. The highest BCUT2D eigenvalue weighted by atomic mass is 32.2. The van der Waals surface area contributed by atoms with E-state index in [0.717, 1.165) is 18.4 Å². The standard InChI is InChI=1S/C13H16F2N4O2S/c1-9(22(2,16)21)13(20,6-19-8-17-7-18-19)11-4-3-10(14)5-12(11)15/h3-5,7-9,16,20H,6H2,1-2H3/t9-,13-,22+/m1/s1. The summed E-state index contributed by atoms with van der Waals surface area (Å²) in [7, 11) is -3.21. The van der Waals surface area contributed by atoms with E-state index < -0.39 is 32.2 Å². The van der Waals surface area contributed by atoms with Crippen LogP contribution in [-0.2, 0) is 21.9 Å². The highest BCUT2D eigenvalue weighted by Crippen LogP contribution is 2.33. The van der Waals surface area contributed by atoms with Crippen LogP contribution in [0.5, 0.6) is 0 Å². The van der Waals surface area contributed by atoms with Gasteiger partial charge in [0, 0.05) is 27.6 Å². The van der Waals surface area contributed by atoms with E-state index in [9.17, 15) is 18.1 Å². The van der Waals surface area contributed by atoms with Crippen molar-refractivity contribution in [3.05, 3.63) is 48.1 Å². The zero-order chi connectivity index (χ0) is 16.5. The highest BCUT2D eigenvalue weighted by molar-refractivity contribution is 7.92. The number of aliphatic hydroxyl groups is 1. The summed E-state index contributed by atoms with van der Waals surface area (Å²) in [5, 5.41) is 13.7. The third-order valence-corrected chi connectivity index (χ3v) is 5.35. The molecule has 0 spiro atoms. The van der Waals surface area contributed by atoms with Gasteiger partial charge in [-0.1, -0.05) is 6.07 Å². The number of hydrogen-bond acceptors (Lipinski definition) is 5. The first-order valence-corrected chi connectivity index (χ1v) is 8.40. The van der Waals surface area contributed by atoms with Crippen LogP contribution in [0.15, 0.2) is 30.9 Å². The minimum Gasteiger partial charge on any atom is -0.382 e. The molecule has 0 saturated heterocycles. The molecule has 0 fully saturated rings. The van der Waals surface area contributed by atoms with Crippen molar-refractivity contribution in [2.45, 2.75) is 24.3 Å². The molecular formula is C13H16F2N4O2S. The lowest BCUT2D eigenvalue weighted by Gasteiger charge is -2.34. The Balaban J connectivity index is 2.58. The summed E-state index contributed by atoms with van der Waals surface area (Å²) >= 11 is 0. The van der Waals surface area contributed by atoms with Crippen LogP contribution in [0.25, 0.3) is 0 Å². The zero-order valence-corrected chi connectivity index (χ0v) is 12.8. The fourth-order valence-electron chi connectivity index (χ4n) is 2.21. The van der Waals surface area contributed by atoms with E-state index in [2.05, 4.69) is 10.1 Å². The van der Waals surface area contributed by atoms with Crippen LogP contribution in [0.4, 0.5) is 8.78 Å². The second-order valence-corrected chi connectivity index (χ2v) is 7.70. The summed E-state index contributed by atoms with van der Waals surface area (Å²) in [6.07, 6.45) is 3.70. The van der Waals surface area contributed by atoms with Crippen LogP contribution in [0, 0.1) is 16.4 Å². The van der Waals surface area contributed by atoms with Crippen molar-refractivity contribution < 1.29 is 18.1 Å². The minimum atomic E-state index is -3.21. The molecule has 0 amide bonds. The van der Waals surface area contributed by atoms with Crippen molar-refractivity contribution in [2.75, 3.05) is 6.26 Å². The molecular weight excluding hydrogens is 314 g/mol. The minimum absolute atomic E-state index is 0.237. The summed E-state index contributed by atoms with van der Waals surface area (Å²) < 4.78 is 48.3. The van der Waals surface area contributed by atoms with Crippen molar-refractivity contribution >= 4 is 9.73 Å². The number of nitrogens with zero attached hydrogens (tertiary/aromatic N) is 3. The highest BCUT2D eigenvalue weighted by Gasteiger charge is 2.42. The van der Waals surface area contributed by atoms with E-state index in [4.69, 9.17) is 4.78 Å². The Hall–Kier alpha value is -1.87. The molecule has 0 aliphatic rings. The van der Waals surface area contributed by atoms with Gasteiger partial charge in [-0.3, -0.25) is 4.78 Å². The van der Waals surface area contributed by atoms with E-state index in [-0.39, 0.29) is 12.1 Å². The van der Waals surface area contributed by atoms with Crippen molar-refractivity contribution in [2.24, 2.45) is 0 Å². The molecule has 0 aliphatic carbocycles. The first-order valence-electron chi connectivity index (χ1n) is 6.37. The molecule has 0 unspecified atom stereocenters. The third kappa shape index (κ3) is 3.14. The molecule has 6 nitrogen and oxygen atoms in total. The topological polar surface area (TPSA) is 91.9 Å². The number of rotatable bonds is 5. The molecule has 0 radical (unpaired) electrons. The SMILES string of the molecule is C[C@H]([C@](O)(Cn1cncn1)c1ccc(F)cc1F)[S@@](C)(=N)=O. The summed E-state index contributed by atoms with van der Waals surface area (Å²) in [6, 6.07) is 2.72. The lowest BCUT2D eigenvalue weighted by Crippen LogP contribution is -2.46. The molecule has 0 saturated carbocycles. The van der Waals surface area contributed by atoms with Crippen LogP contribution >= 0.6 is 0 Å². The second kappa shape index (κ2) is 5.73. The molecule has 0 bridgehead atoms. The molecule has 3 atom stereocenters. The van der Waals surface area contributed by atoms with E-state index in [1.807, 2.05) is 0 Å². The molecule has 2 rings (SSSR count). The average Bonchev–Trinajstić information content (AvgIpc) is 2.89. The van der Waals surface area contributed by atoms with Gasteiger partial charge >= 0.3 is 0 Å². The average molecular weight is 330 g/mol. The number of aromatic nitrogens is 3. The lowest BCUT2D eigenvalue weighted by molar-refractivity contribution is 0.0118. The number of benzene rings is 1. The Labute approximate surface area is 126 Å². The van der Waals surface area contributed by atoms with Gasteiger partial charge in [-0.25, -0.2) is 22.7 Å². The first-order chi connectivity index (χ1) is 10.1. The summed E-state index contributed by atoms with van der Waals surface area (Å²) in [4.78, 5) is 3.73. The second-order valence-electron chi connectivity index (χ2n) is 5.19. The largest absolute Gasteiger partial charge is 0.382 e. The van der Waals surface area contributed by atoms with Crippen LogP contribution in [0.3, 0.4) is 0 Å². The van der Waals surface area contributed by atoms with E-state index in [0.29, 0.717) is 6.07 Å². The van der Waals surface area contributed by atoms with Crippen molar-refractivity contribution in [1.29, 1.82) is 4.78 Å². The maximum atomic E-state index is 14.1. The first kappa shape index (κ1) is 16.5. The van der Waals surface area contributed by atoms with Gasteiger partial charge in [-0.2, -0.15) is 5.10 Å². The van der Waals surface area contributed by atoms with Crippen LogP contribution in [-0.4, -0.2) is 35.6 Å². The summed E-state index contributed by atoms with van der Waals surface area (Å²) in [5.74, 6) is -1.77. The monoisotopic (exact) mass is 330 g/mol. The molecule has 1 aromatic heterocycles. The van der Waals surface area contributed by atoms with Crippen molar-refractivity contribution in [3.63, 3.8) is 0 Å². The Morgan fingerprint density at radius 3 is 2.68 bits per heavy atom. The van der Waals surface area contributed by atoms with Crippen LogP contribution < -0.4 is 0 Å². The van der Waals surface area contributed by atoms with Crippen LogP contribution in [0.1, 0.15) is 12.5 Å². The smallest absolute Gasteiger partial charge is 0.137 e. The Morgan fingerprint density at radius 2 is 2.18 bits per heavy atom. The van der Waals surface area contributed by atoms with Gasteiger partial charge in [0.1, 0.15) is 29.9 Å². The molecule has 22 heavy (non-hydrogen) atoms. The predicted octanol–water partition coefficient (Wildman–Crippen LogP) is 1.51. The molecule has 9 heteroatoms. The summed E-state index contributed by atoms with van der Waals surface area (Å²) in [6.45, 7) is 1.12. The van der Waals surface area contributed by atoms with Crippen LogP contribution in [0.2, 0.25) is 0 Å². The van der Waals surface area contributed by atoms with Gasteiger partial charge < -0.3 is 5.11 Å². The Bertz CT molecular complexity index is 764. The predicted molar refractivity (Wildman–Crippen MR) is 76.5 cm³/mol. The molecule has 2 aromatic rings. The molecule has 120 valence electrons. The van der Waals surface area contributed by atoms with Crippen molar-refractivity contribution in [3.8, 4) is 0 Å². The maximum Gasteiger partial charge on any atom is 0.137 e. The van der Waals surface area contributed by atoms with Gasteiger partial charge in [-0.05, 0) is 13.0 Å². The van der Waals surface area contributed by atoms with Gasteiger partial charge in [0.25, 0.3) is 0 Å². The lowest BCUT2D eigenvalue weighted by atomic mass is 9.90. The number of hydrogen-bond donors (Lipinski definition) is 2. The Kier molecular flexibility index (Phi) is 4.30. The third-order valence-electron chi connectivity index (χ3n) is 3.61. The zero-order valence-electron chi connectivity index (χ0n) is 12.0. The number of nitrogens with one attached hydrogen (secondary N) is 1. The Morgan fingerprint density at radius 1 is 1.50 bits per heavy atom. The fraction of sp³-hybridized carbons (Fsp3) is 0.385. The van der Waals surface area contributed by atoms with Gasteiger partial charge in [0.2, 0.25) is 0 Å². The van der Waals surface area contributed by atoms with Gasteiger partial charge in [0.15, 0.2) is 0 Å².